The van der Waals surface area contributed by atoms with E-state index in [4.69, 9.17) is 9.15 Å². The summed E-state index contributed by atoms with van der Waals surface area (Å²) in [6, 6.07) is 22.0. The summed E-state index contributed by atoms with van der Waals surface area (Å²) in [7, 11) is 0. The predicted octanol–water partition coefficient (Wildman–Crippen LogP) is 4.27. The number of rotatable bonds is 6. The van der Waals surface area contributed by atoms with E-state index in [0.717, 1.165) is 11.1 Å². The third-order valence-corrected chi connectivity index (χ3v) is 5.81. The summed E-state index contributed by atoms with van der Waals surface area (Å²) in [5, 5.41) is 0. The van der Waals surface area contributed by atoms with E-state index in [1.54, 1.807) is 16.1 Å². The zero-order chi connectivity index (χ0) is 21.2. The Kier molecular flexibility index (Phi) is 5.04. The van der Waals surface area contributed by atoms with Crippen molar-refractivity contribution in [1.29, 1.82) is 0 Å². The minimum atomic E-state index is -0.616. The van der Waals surface area contributed by atoms with Crippen LogP contribution in [0.3, 0.4) is 0 Å². The maximum atomic E-state index is 13.3. The molecule has 6 nitrogen and oxygen atoms in total. The molecule has 0 unspecified atom stereocenters. The molecule has 31 heavy (non-hydrogen) atoms. The maximum Gasteiger partial charge on any atom is 0.411 e. The molecule has 0 radical (unpaired) electrons. The lowest BCUT2D eigenvalue weighted by Crippen LogP contribution is -2.69. The van der Waals surface area contributed by atoms with Crippen LogP contribution in [0.4, 0.5) is 4.79 Å². The number of hydrogen-bond donors (Lipinski definition) is 0. The van der Waals surface area contributed by atoms with Crippen molar-refractivity contribution in [1.82, 2.24) is 9.80 Å². The fraction of sp³-hybridized carbons (Fsp3) is 0.200. The molecule has 0 bridgehead atoms. The van der Waals surface area contributed by atoms with Crippen LogP contribution in [0.1, 0.15) is 22.9 Å². The topological polar surface area (TPSA) is 63.0 Å². The van der Waals surface area contributed by atoms with E-state index in [1.807, 2.05) is 84.9 Å². The van der Waals surface area contributed by atoms with Crippen LogP contribution in [0.5, 0.6) is 0 Å². The first-order valence-electron chi connectivity index (χ1n) is 10.3. The molecule has 2 aromatic carbocycles. The van der Waals surface area contributed by atoms with E-state index in [2.05, 4.69) is 0 Å². The number of carbonyl (C=O) groups excluding carboxylic acids is 2. The Bertz CT molecular complexity index is 1080. The second-order valence-electron chi connectivity index (χ2n) is 7.67. The Morgan fingerprint density at radius 3 is 2.39 bits per heavy atom. The number of amides is 2. The van der Waals surface area contributed by atoms with Crippen LogP contribution < -0.4 is 0 Å². The zero-order valence-electron chi connectivity index (χ0n) is 16.8. The smallest absolute Gasteiger partial charge is 0.411 e. The molecule has 1 aromatic heterocycles. The first-order valence-corrected chi connectivity index (χ1v) is 10.3. The first kappa shape index (κ1) is 19.2. The number of likely N-dealkylation sites (tertiary alicyclic amines) is 1. The average Bonchev–Trinajstić information content (AvgIpc) is 3.46. The van der Waals surface area contributed by atoms with Gasteiger partial charge in [-0.05, 0) is 29.3 Å². The van der Waals surface area contributed by atoms with Gasteiger partial charge < -0.3 is 14.1 Å². The van der Waals surface area contributed by atoms with E-state index in [9.17, 15) is 9.59 Å². The Balaban J connectivity index is 1.45. The Hall–Kier alpha value is -3.80. The average molecular weight is 414 g/mol. The predicted molar refractivity (Wildman–Crippen MR) is 115 cm³/mol. The minimum absolute atomic E-state index is 0.0854. The molecule has 0 saturated carbocycles. The molecule has 0 aliphatic carbocycles. The van der Waals surface area contributed by atoms with Gasteiger partial charge in [0.2, 0.25) is 5.91 Å². The van der Waals surface area contributed by atoms with Crippen LogP contribution >= 0.6 is 0 Å². The number of ether oxygens (including phenoxy) is 1. The van der Waals surface area contributed by atoms with Crippen LogP contribution in [0.25, 0.3) is 6.08 Å². The molecule has 2 amide bonds. The number of benzene rings is 2. The van der Waals surface area contributed by atoms with Crippen LogP contribution in [-0.2, 0) is 16.1 Å². The van der Waals surface area contributed by atoms with Crippen molar-refractivity contribution in [3.05, 3.63) is 102 Å². The summed E-state index contributed by atoms with van der Waals surface area (Å²) in [4.78, 5) is 29.3. The van der Waals surface area contributed by atoms with Crippen molar-refractivity contribution in [2.24, 2.45) is 0 Å². The van der Waals surface area contributed by atoms with Gasteiger partial charge in [-0.2, -0.15) is 0 Å². The molecular weight excluding hydrogens is 392 g/mol. The zero-order valence-corrected chi connectivity index (χ0v) is 16.8. The van der Waals surface area contributed by atoms with E-state index in [-0.39, 0.29) is 24.6 Å². The third-order valence-electron chi connectivity index (χ3n) is 5.81. The van der Waals surface area contributed by atoms with Crippen molar-refractivity contribution in [3.8, 4) is 0 Å². The number of β-lactam (4-membered cyclic amide) rings is 1. The van der Waals surface area contributed by atoms with Crippen molar-refractivity contribution in [2.75, 3.05) is 6.61 Å². The normalized spacial score (nSPS) is 23.3. The molecule has 2 fully saturated rings. The van der Waals surface area contributed by atoms with Crippen molar-refractivity contribution in [3.63, 3.8) is 0 Å². The molecule has 2 aliphatic rings. The standard InChI is InChI=1S/C25H22N2O4/c28-24-23(27-22(17-31-25(27)29)19-10-5-2-6-11-19)21(14-13-20-12-7-15-30-20)26(24)16-18-8-3-1-4-9-18/h1-15,21-23H,16-17H2/b14-13+/t21-,22+,23+/m1/s1. The highest BCUT2D eigenvalue weighted by atomic mass is 16.6. The number of cyclic esters (lactones) is 1. The van der Waals surface area contributed by atoms with E-state index < -0.39 is 12.1 Å². The van der Waals surface area contributed by atoms with E-state index in [1.165, 1.54) is 0 Å². The summed E-state index contributed by atoms with van der Waals surface area (Å²) < 4.78 is 10.8. The Morgan fingerprint density at radius 2 is 1.68 bits per heavy atom. The van der Waals surface area contributed by atoms with Crippen LogP contribution in [0, 0.1) is 0 Å². The number of hydrogen-bond acceptors (Lipinski definition) is 4. The maximum absolute atomic E-state index is 13.3. The van der Waals surface area contributed by atoms with Crippen LogP contribution in [0.15, 0.2) is 89.6 Å². The Labute approximate surface area is 180 Å². The summed E-state index contributed by atoms with van der Waals surface area (Å²) in [5.74, 6) is 0.610. The molecule has 0 N–H and O–H groups in total. The fourth-order valence-electron chi connectivity index (χ4n) is 4.26. The van der Waals surface area contributed by atoms with Gasteiger partial charge in [0.25, 0.3) is 0 Å². The fourth-order valence-corrected chi connectivity index (χ4v) is 4.26. The lowest BCUT2D eigenvalue weighted by molar-refractivity contribution is -0.155. The molecule has 0 spiro atoms. The first-order chi connectivity index (χ1) is 15.2. The van der Waals surface area contributed by atoms with Gasteiger partial charge in [0, 0.05) is 6.54 Å². The molecule has 2 aliphatic heterocycles. The monoisotopic (exact) mass is 414 g/mol. The van der Waals surface area contributed by atoms with Gasteiger partial charge in [-0.25, -0.2) is 4.79 Å². The number of carbonyl (C=O) groups is 2. The van der Waals surface area contributed by atoms with Crippen molar-refractivity contribution in [2.45, 2.75) is 24.7 Å². The van der Waals surface area contributed by atoms with E-state index >= 15 is 0 Å². The van der Waals surface area contributed by atoms with E-state index in [0.29, 0.717) is 12.3 Å². The van der Waals surface area contributed by atoms with Crippen LogP contribution in [-0.4, -0.2) is 40.5 Å². The minimum Gasteiger partial charge on any atom is -0.465 e. The van der Waals surface area contributed by atoms with Gasteiger partial charge in [0.05, 0.1) is 18.3 Å². The SMILES string of the molecule is O=C1[C@@H](N2C(=O)OC[C@H]2c2ccccc2)[C@@H](/C=C/c2ccco2)N1Cc1ccccc1. The summed E-state index contributed by atoms with van der Waals surface area (Å²) >= 11 is 0. The second kappa shape index (κ2) is 8.14. The number of nitrogens with zero attached hydrogens (tertiary/aromatic N) is 2. The molecule has 3 heterocycles. The van der Waals surface area contributed by atoms with Crippen molar-refractivity contribution >= 4 is 18.1 Å². The molecule has 2 saturated heterocycles. The van der Waals surface area contributed by atoms with Gasteiger partial charge in [0.15, 0.2) is 0 Å². The van der Waals surface area contributed by atoms with Crippen molar-refractivity contribution < 1.29 is 18.7 Å². The largest absolute Gasteiger partial charge is 0.465 e. The highest BCUT2D eigenvalue weighted by Gasteiger charge is 2.55. The highest BCUT2D eigenvalue weighted by molar-refractivity contribution is 5.94. The van der Waals surface area contributed by atoms with Gasteiger partial charge in [-0.1, -0.05) is 66.7 Å². The summed E-state index contributed by atoms with van der Waals surface area (Å²) in [6.07, 6.45) is 4.93. The second-order valence-corrected chi connectivity index (χ2v) is 7.67. The molecule has 156 valence electrons. The van der Waals surface area contributed by atoms with Gasteiger partial charge in [-0.3, -0.25) is 9.69 Å². The third kappa shape index (κ3) is 3.61. The van der Waals surface area contributed by atoms with Crippen LogP contribution in [0.2, 0.25) is 0 Å². The molecule has 3 atom stereocenters. The lowest BCUT2D eigenvalue weighted by Gasteiger charge is -2.49. The van der Waals surface area contributed by atoms with Gasteiger partial charge in [-0.15, -0.1) is 0 Å². The van der Waals surface area contributed by atoms with Gasteiger partial charge in [0.1, 0.15) is 18.4 Å². The molecule has 5 rings (SSSR count). The molecule has 3 aromatic rings. The molecule has 6 heteroatoms. The lowest BCUT2D eigenvalue weighted by atomic mass is 9.90. The highest BCUT2D eigenvalue weighted by Crippen LogP contribution is 2.37. The molecular formula is C25H22N2O4. The summed E-state index contributed by atoms with van der Waals surface area (Å²) in [6.45, 7) is 0.710. The summed E-state index contributed by atoms with van der Waals surface area (Å²) in [5.41, 5.74) is 1.99. The Morgan fingerprint density at radius 1 is 0.935 bits per heavy atom. The van der Waals surface area contributed by atoms with Gasteiger partial charge >= 0.3 is 6.09 Å². The quantitative estimate of drug-likeness (QED) is 0.565. The number of furan rings is 1.